The molecule has 0 amide bonds. The third-order valence-corrected chi connectivity index (χ3v) is 7.41. The number of rotatable bonds is 5. The lowest BCUT2D eigenvalue weighted by molar-refractivity contribution is 0.0218. The SMILES string of the molecule is O=[S@](c1ccc(Br)cc1)N1CCC[C@H]1C(O)(c1ccccc1)c1ccccc1. The zero-order valence-electron chi connectivity index (χ0n) is 15.4. The van der Waals surface area contributed by atoms with Gasteiger partial charge in [-0.25, -0.2) is 8.51 Å². The van der Waals surface area contributed by atoms with E-state index in [0.717, 1.165) is 33.3 Å². The molecule has 3 nitrogen and oxygen atoms in total. The zero-order chi connectivity index (χ0) is 19.6. The molecule has 0 aromatic heterocycles. The van der Waals surface area contributed by atoms with Crippen molar-refractivity contribution in [3.05, 3.63) is 101 Å². The zero-order valence-corrected chi connectivity index (χ0v) is 17.8. The third-order valence-electron chi connectivity index (χ3n) is 5.34. The van der Waals surface area contributed by atoms with Gasteiger partial charge in [0.05, 0.1) is 10.9 Å². The van der Waals surface area contributed by atoms with Crippen LogP contribution in [0.3, 0.4) is 0 Å². The Morgan fingerprint density at radius 2 is 1.43 bits per heavy atom. The molecule has 1 saturated heterocycles. The van der Waals surface area contributed by atoms with Crippen molar-refractivity contribution in [1.82, 2.24) is 4.31 Å². The van der Waals surface area contributed by atoms with Crippen LogP contribution < -0.4 is 0 Å². The highest BCUT2D eigenvalue weighted by molar-refractivity contribution is 9.10. The van der Waals surface area contributed by atoms with Gasteiger partial charge in [0, 0.05) is 11.0 Å². The molecule has 144 valence electrons. The molecule has 0 aliphatic carbocycles. The van der Waals surface area contributed by atoms with E-state index in [0.29, 0.717) is 6.54 Å². The molecular weight excluding hydrogens is 434 g/mol. The summed E-state index contributed by atoms with van der Waals surface area (Å²) < 4.78 is 16.3. The first-order chi connectivity index (χ1) is 13.6. The van der Waals surface area contributed by atoms with Crippen LogP contribution in [0, 0.1) is 0 Å². The molecular formula is C23H22BrNO2S. The van der Waals surface area contributed by atoms with Crippen LogP contribution in [0.4, 0.5) is 0 Å². The molecule has 0 bridgehead atoms. The minimum Gasteiger partial charge on any atom is -0.379 e. The molecule has 0 unspecified atom stereocenters. The molecule has 4 rings (SSSR count). The molecule has 0 spiro atoms. The van der Waals surface area contributed by atoms with Crippen LogP contribution in [-0.4, -0.2) is 26.2 Å². The van der Waals surface area contributed by atoms with E-state index < -0.39 is 16.6 Å². The Hall–Kier alpha value is -1.79. The summed E-state index contributed by atoms with van der Waals surface area (Å²) in [5, 5.41) is 12.1. The Morgan fingerprint density at radius 1 is 0.893 bits per heavy atom. The predicted octanol–water partition coefficient (Wildman–Crippen LogP) is 4.87. The Kier molecular flexibility index (Phi) is 5.78. The maximum Gasteiger partial charge on any atom is 0.131 e. The van der Waals surface area contributed by atoms with Gasteiger partial charge in [-0.1, -0.05) is 76.6 Å². The van der Waals surface area contributed by atoms with Crippen LogP contribution in [0.1, 0.15) is 24.0 Å². The van der Waals surface area contributed by atoms with Crippen molar-refractivity contribution in [2.75, 3.05) is 6.54 Å². The molecule has 2 atom stereocenters. The summed E-state index contributed by atoms with van der Waals surface area (Å²) in [7, 11) is -1.34. The molecule has 0 radical (unpaired) electrons. The van der Waals surface area contributed by atoms with Crippen molar-refractivity contribution < 1.29 is 9.32 Å². The maximum atomic E-state index is 13.4. The lowest BCUT2D eigenvalue weighted by Crippen LogP contribution is -2.48. The fourth-order valence-corrected chi connectivity index (χ4v) is 5.67. The highest BCUT2D eigenvalue weighted by Crippen LogP contribution is 2.41. The molecule has 1 aliphatic heterocycles. The molecule has 5 heteroatoms. The smallest absolute Gasteiger partial charge is 0.131 e. The van der Waals surface area contributed by atoms with Gasteiger partial charge < -0.3 is 5.11 Å². The van der Waals surface area contributed by atoms with Crippen molar-refractivity contribution in [3.8, 4) is 0 Å². The van der Waals surface area contributed by atoms with Gasteiger partial charge in [0.25, 0.3) is 0 Å². The first-order valence-corrected chi connectivity index (χ1v) is 11.3. The number of benzene rings is 3. The van der Waals surface area contributed by atoms with Crippen molar-refractivity contribution in [3.63, 3.8) is 0 Å². The molecule has 1 heterocycles. The average molecular weight is 456 g/mol. The van der Waals surface area contributed by atoms with E-state index in [1.54, 1.807) is 0 Å². The van der Waals surface area contributed by atoms with E-state index in [4.69, 9.17) is 0 Å². The van der Waals surface area contributed by atoms with E-state index in [2.05, 4.69) is 15.9 Å². The summed E-state index contributed by atoms with van der Waals surface area (Å²) in [6.45, 7) is 0.690. The Morgan fingerprint density at radius 3 is 1.96 bits per heavy atom. The second-order valence-electron chi connectivity index (χ2n) is 7.00. The van der Waals surface area contributed by atoms with Gasteiger partial charge in [-0.2, -0.15) is 0 Å². The van der Waals surface area contributed by atoms with E-state index in [1.807, 2.05) is 89.2 Å². The quantitative estimate of drug-likeness (QED) is 0.595. The van der Waals surface area contributed by atoms with Crippen LogP contribution in [0.15, 0.2) is 94.3 Å². The highest BCUT2D eigenvalue weighted by Gasteiger charge is 2.47. The molecule has 1 fully saturated rings. The standard InChI is InChI=1S/C23H22BrNO2S/c24-20-13-15-21(16-14-20)28(27)25-17-7-12-22(25)23(26,18-8-3-1-4-9-18)19-10-5-2-6-11-19/h1-6,8-11,13-16,22,26H,7,12,17H2/t22-,28+/m0/s1. The Labute approximate surface area is 176 Å². The van der Waals surface area contributed by atoms with Gasteiger partial charge in [-0.05, 0) is 48.2 Å². The van der Waals surface area contributed by atoms with Crippen LogP contribution in [-0.2, 0) is 16.6 Å². The topological polar surface area (TPSA) is 40.5 Å². The minimum absolute atomic E-state index is 0.276. The van der Waals surface area contributed by atoms with E-state index >= 15 is 0 Å². The van der Waals surface area contributed by atoms with E-state index in [-0.39, 0.29) is 6.04 Å². The van der Waals surface area contributed by atoms with Crippen LogP contribution in [0.5, 0.6) is 0 Å². The Balaban J connectivity index is 1.77. The van der Waals surface area contributed by atoms with Gasteiger partial charge in [-0.3, -0.25) is 0 Å². The van der Waals surface area contributed by atoms with Crippen LogP contribution in [0.25, 0.3) is 0 Å². The van der Waals surface area contributed by atoms with Crippen molar-refractivity contribution >= 4 is 26.9 Å². The van der Waals surface area contributed by atoms with Gasteiger partial charge >= 0.3 is 0 Å². The molecule has 1 N–H and O–H groups in total. The first kappa shape index (κ1) is 19.5. The summed E-state index contributed by atoms with van der Waals surface area (Å²) >= 11 is 3.43. The van der Waals surface area contributed by atoms with E-state index in [1.165, 1.54) is 0 Å². The summed E-state index contributed by atoms with van der Waals surface area (Å²) in [6, 6.07) is 26.7. The third kappa shape index (κ3) is 3.60. The Bertz CT molecular complexity index is 908. The molecule has 28 heavy (non-hydrogen) atoms. The fourth-order valence-electron chi connectivity index (χ4n) is 3.98. The van der Waals surface area contributed by atoms with Crippen LogP contribution >= 0.6 is 15.9 Å². The van der Waals surface area contributed by atoms with Crippen LogP contribution in [0.2, 0.25) is 0 Å². The molecule has 3 aromatic carbocycles. The number of halogens is 1. The van der Waals surface area contributed by atoms with Gasteiger partial charge in [0.15, 0.2) is 0 Å². The highest BCUT2D eigenvalue weighted by atomic mass is 79.9. The van der Waals surface area contributed by atoms with Crippen molar-refractivity contribution in [2.45, 2.75) is 29.4 Å². The van der Waals surface area contributed by atoms with Gasteiger partial charge in [0.2, 0.25) is 0 Å². The minimum atomic E-state index is -1.34. The predicted molar refractivity (Wildman–Crippen MR) is 116 cm³/mol. The molecule has 0 saturated carbocycles. The average Bonchev–Trinajstić information content (AvgIpc) is 3.25. The molecule has 1 aliphatic rings. The number of nitrogens with zero attached hydrogens (tertiary/aromatic N) is 1. The maximum absolute atomic E-state index is 13.4. The van der Waals surface area contributed by atoms with Crippen molar-refractivity contribution in [2.24, 2.45) is 0 Å². The summed E-state index contributed by atoms with van der Waals surface area (Å²) in [6.07, 6.45) is 1.68. The lowest BCUT2D eigenvalue weighted by Gasteiger charge is -2.39. The van der Waals surface area contributed by atoms with Crippen molar-refractivity contribution in [1.29, 1.82) is 0 Å². The monoisotopic (exact) mass is 455 g/mol. The second-order valence-corrected chi connectivity index (χ2v) is 9.35. The normalized spacial score (nSPS) is 18.9. The number of hydrogen-bond donors (Lipinski definition) is 1. The van der Waals surface area contributed by atoms with Gasteiger partial charge in [0.1, 0.15) is 16.6 Å². The van der Waals surface area contributed by atoms with E-state index in [9.17, 15) is 9.32 Å². The molecule has 3 aromatic rings. The largest absolute Gasteiger partial charge is 0.379 e. The lowest BCUT2D eigenvalue weighted by atomic mass is 9.79. The summed E-state index contributed by atoms with van der Waals surface area (Å²) in [5.74, 6) is 0. The first-order valence-electron chi connectivity index (χ1n) is 9.38. The second kappa shape index (κ2) is 8.29. The van der Waals surface area contributed by atoms with Gasteiger partial charge in [-0.15, -0.1) is 0 Å². The summed E-state index contributed by atoms with van der Waals surface area (Å²) in [5.41, 5.74) is 0.418. The fraction of sp³-hybridized carbons (Fsp3) is 0.217. The number of hydrogen-bond acceptors (Lipinski definition) is 2. The summed E-state index contributed by atoms with van der Waals surface area (Å²) in [4.78, 5) is 0.749. The number of aliphatic hydroxyl groups is 1.